The van der Waals surface area contributed by atoms with E-state index in [1.807, 2.05) is 6.92 Å². The third-order valence-corrected chi connectivity index (χ3v) is 9.93. The lowest BCUT2D eigenvalue weighted by Crippen LogP contribution is -2.40. The number of hydrogen-bond acceptors (Lipinski definition) is 7. The van der Waals surface area contributed by atoms with Crippen molar-refractivity contribution in [3.63, 3.8) is 0 Å². The Morgan fingerprint density at radius 1 is 1.14 bits per heavy atom. The Balaban J connectivity index is 1.73. The minimum absolute atomic E-state index is 0.0921. The molecule has 1 saturated heterocycles. The largest absolute Gasteiger partial charge is 0.380 e. The summed E-state index contributed by atoms with van der Waals surface area (Å²) in [4.78, 5) is 18.0. The summed E-state index contributed by atoms with van der Waals surface area (Å²) in [6, 6.07) is 8.19. The minimum Gasteiger partial charge on any atom is -0.380 e. The molecule has 0 bridgehead atoms. The molecule has 36 heavy (non-hydrogen) atoms. The molecule has 2 aromatic carbocycles. The Morgan fingerprint density at radius 3 is 2.50 bits per heavy atom. The number of sulfonamides is 1. The number of amides is 1. The zero-order valence-corrected chi connectivity index (χ0v) is 22.2. The molecule has 3 aromatic rings. The molecule has 194 valence electrons. The molecule has 0 radical (unpaired) electrons. The molecule has 4 rings (SSSR count). The van der Waals surface area contributed by atoms with Crippen molar-refractivity contribution in [1.82, 2.24) is 8.87 Å². The second-order valence-electron chi connectivity index (χ2n) is 8.31. The van der Waals surface area contributed by atoms with E-state index in [2.05, 4.69) is 4.99 Å². The molecule has 2 heterocycles. The highest BCUT2D eigenvalue weighted by Gasteiger charge is 2.39. The maximum Gasteiger partial charge on any atom is 0.266 e. The summed E-state index contributed by atoms with van der Waals surface area (Å²) < 4.78 is 72.6. The maximum absolute atomic E-state index is 13.3. The fourth-order valence-corrected chi connectivity index (χ4v) is 7.54. The standard InChI is InChI=1S/C23H26FN3O6S3/c1-3-33-14-13-26-19-11-10-18(35(2,29)30)15-21(19)34-23(26)25-22(28)20-5-4-12-27(20)36(31,32)17-8-6-16(24)7-9-17/h6-11,15,20H,3-5,12-14H2,1-2H3. The van der Waals surface area contributed by atoms with Gasteiger partial charge in [0.1, 0.15) is 11.9 Å². The lowest BCUT2D eigenvalue weighted by Gasteiger charge is -2.21. The van der Waals surface area contributed by atoms with E-state index in [0.717, 1.165) is 34.0 Å². The first-order valence-corrected chi connectivity index (χ1v) is 15.4. The van der Waals surface area contributed by atoms with Crippen LogP contribution in [0.2, 0.25) is 0 Å². The number of halogens is 1. The normalized spacial score (nSPS) is 17.8. The molecule has 13 heteroatoms. The van der Waals surface area contributed by atoms with Gasteiger partial charge in [-0.25, -0.2) is 21.2 Å². The number of fused-ring (bicyclic) bond motifs is 1. The number of nitrogens with zero attached hydrogens (tertiary/aromatic N) is 3. The van der Waals surface area contributed by atoms with Crippen LogP contribution in [0.1, 0.15) is 19.8 Å². The summed E-state index contributed by atoms with van der Waals surface area (Å²) >= 11 is 1.15. The van der Waals surface area contributed by atoms with Crippen molar-refractivity contribution >= 4 is 47.3 Å². The molecule has 9 nitrogen and oxygen atoms in total. The van der Waals surface area contributed by atoms with E-state index in [0.29, 0.717) is 47.6 Å². The van der Waals surface area contributed by atoms with Crippen molar-refractivity contribution in [2.24, 2.45) is 4.99 Å². The van der Waals surface area contributed by atoms with Crippen LogP contribution >= 0.6 is 11.3 Å². The van der Waals surface area contributed by atoms with E-state index in [1.165, 1.54) is 24.3 Å². The molecule has 0 saturated carbocycles. The zero-order chi connectivity index (χ0) is 26.1. The summed E-state index contributed by atoms with van der Waals surface area (Å²) in [5.74, 6) is -1.17. The molecule has 1 amide bonds. The zero-order valence-electron chi connectivity index (χ0n) is 19.8. The van der Waals surface area contributed by atoms with Crippen LogP contribution in [0.15, 0.2) is 57.2 Å². The third kappa shape index (κ3) is 5.44. The van der Waals surface area contributed by atoms with Crippen molar-refractivity contribution in [2.45, 2.75) is 42.1 Å². The van der Waals surface area contributed by atoms with Crippen molar-refractivity contribution in [3.05, 3.63) is 53.1 Å². The average molecular weight is 556 g/mol. The van der Waals surface area contributed by atoms with E-state index in [9.17, 15) is 26.0 Å². The third-order valence-electron chi connectivity index (χ3n) is 5.86. The van der Waals surface area contributed by atoms with Crippen molar-refractivity contribution < 1.29 is 30.8 Å². The Hall–Kier alpha value is -2.45. The Bertz CT molecular complexity index is 1560. The van der Waals surface area contributed by atoms with E-state index < -0.39 is 37.6 Å². The highest BCUT2D eigenvalue weighted by Crippen LogP contribution is 2.27. The van der Waals surface area contributed by atoms with Gasteiger partial charge in [-0.3, -0.25) is 4.79 Å². The van der Waals surface area contributed by atoms with Gasteiger partial charge in [0.15, 0.2) is 14.6 Å². The SMILES string of the molecule is CCOCCn1c(=NC(=O)C2CCCN2S(=O)(=O)c2ccc(F)cc2)sc2cc(S(C)(=O)=O)ccc21. The predicted octanol–water partition coefficient (Wildman–Crippen LogP) is 2.56. The Morgan fingerprint density at radius 2 is 1.83 bits per heavy atom. The monoisotopic (exact) mass is 555 g/mol. The summed E-state index contributed by atoms with van der Waals surface area (Å²) in [5, 5.41) is 0. The van der Waals surface area contributed by atoms with E-state index in [1.54, 1.807) is 10.6 Å². The van der Waals surface area contributed by atoms with Crippen molar-refractivity contribution in [1.29, 1.82) is 0 Å². The van der Waals surface area contributed by atoms with Crippen LogP contribution in [0.3, 0.4) is 0 Å². The first-order chi connectivity index (χ1) is 17.0. The fourth-order valence-electron chi connectivity index (χ4n) is 4.07. The number of ether oxygens (including phenoxy) is 1. The van der Waals surface area contributed by atoms with Crippen LogP contribution in [0.4, 0.5) is 4.39 Å². The van der Waals surface area contributed by atoms with E-state index in [4.69, 9.17) is 4.74 Å². The second-order valence-corrected chi connectivity index (χ2v) is 13.2. The molecule has 0 aliphatic carbocycles. The molecule has 1 aliphatic rings. The molecule has 1 aliphatic heterocycles. The highest BCUT2D eigenvalue weighted by atomic mass is 32.2. The number of hydrogen-bond donors (Lipinski definition) is 0. The second kappa shape index (κ2) is 10.5. The van der Waals surface area contributed by atoms with Gasteiger partial charge in [-0.1, -0.05) is 11.3 Å². The highest BCUT2D eigenvalue weighted by molar-refractivity contribution is 7.90. The fraction of sp³-hybridized carbons (Fsp3) is 0.391. The van der Waals surface area contributed by atoms with Gasteiger partial charge in [-0.2, -0.15) is 9.30 Å². The Labute approximate surface area is 212 Å². The minimum atomic E-state index is -4.02. The molecule has 1 unspecified atom stereocenters. The molecule has 1 aromatic heterocycles. The van der Waals surface area contributed by atoms with Crippen molar-refractivity contribution in [3.8, 4) is 0 Å². The van der Waals surface area contributed by atoms with Crippen LogP contribution in [0.25, 0.3) is 10.2 Å². The Kier molecular flexibility index (Phi) is 7.76. The van der Waals surface area contributed by atoms with Gasteiger partial charge >= 0.3 is 0 Å². The number of thiazole rings is 1. The van der Waals surface area contributed by atoms with Crippen LogP contribution < -0.4 is 4.80 Å². The van der Waals surface area contributed by atoms with Crippen LogP contribution in [0, 0.1) is 5.82 Å². The first kappa shape index (κ1) is 26.6. The predicted molar refractivity (Wildman–Crippen MR) is 133 cm³/mol. The quantitative estimate of drug-likeness (QED) is 0.395. The van der Waals surface area contributed by atoms with Crippen LogP contribution in [-0.4, -0.2) is 63.7 Å². The van der Waals surface area contributed by atoms with E-state index in [-0.39, 0.29) is 16.3 Å². The number of rotatable bonds is 8. The number of sulfone groups is 1. The summed E-state index contributed by atoms with van der Waals surface area (Å²) in [6.45, 7) is 3.25. The number of aromatic nitrogens is 1. The van der Waals surface area contributed by atoms with Gasteiger partial charge in [-0.05, 0) is 62.2 Å². The molecule has 1 fully saturated rings. The molecule has 1 atom stereocenters. The van der Waals surface area contributed by atoms with Gasteiger partial charge < -0.3 is 9.30 Å². The topological polar surface area (TPSA) is 115 Å². The van der Waals surface area contributed by atoms with Gasteiger partial charge in [0.25, 0.3) is 5.91 Å². The van der Waals surface area contributed by atoms with Crippen LogP contribution in [-0.2, 0) is 35.9 Å². The number of carbonyl (C=O) groups excluding carboxylic acids is 1. The number of carbonyl (C=O) groups is 1. The molecule has 0 spiro atoms. The average Bonchev–Trinajstić information content (AvgIpc) is 3.44. The van der Waals surface area contributed by atoms with Gasteiger partial charge in [0.2, 0.25) is 10.0 Å². The van der Waals surface area contributed by atoms with Crippen LogP contribution in [0.5, 0.6) is 0 Å². The lowest BCUT2D eigenvalue weighted by molar-refractivity contribution is -0.121. The maximum atomic E-state index is 13.3. The lowest BCUT2D eigenvalue weighted by atomic mass is 10.2. The van der Waals surface area contributed by atoms with Gasteiger partial charge in [0.05, 0.1) is 26.6 Å². The first-order valence-electron chi connectivity index (χ1n) is 11.3. The molecule has 0 N–H and O–H groups in total. The summed E-state index contributed by atoms with van der Waals surface area (Å²) in [5.41, 5.74) is 0.695. The number of benzene rings is 2. The van der Waals surface area contributed by atoms with Crippen molar-refractivity contribution in [2.75, 3.05) is 26.0 Å². The smallest absolute Gasteiger partial charge is 0.266 e. The van der Waals surface area contributed by atoms with Gasteiger partial charge in [0, 0.05) is 26.0 Å². The summed E-state index contributed by atoms with van der Waals surface area (Å²) in [7, 11) is -7.45. The molecular formula is C23H26FN3O6S3. The summed E-state index contributed by atoms with van der Waals surface area (Å²) in [6.07, 6.45) is 1.92. The van der Waals surface area contributed by atoms with E-state index >= 15 is 0 Å². The molecular weight excluding hydrogens is 529 g/mol. The van der Waals surface area contributed by atoms with Gasteiger partial charge in [-0.15, -0.1) is 0 Å².